The zero-order valence-electron chi connectivity index (χ0n) is 10.8. The number of hydrogen-bond donors (Lipinski definition) is 5. The van der Waals surface area contributed by atoms with Gasteiger partial charge in [0.1, 0.15) is 12.2 Å². The molecule has 8 nitrogen and oxygen atoms in total. The van der Waals surface area contributed by atoms with Gasteiger partial charge in [-0.05, 0) is 0 Å². The van der Waals surface area contributed by atoms with Gasteiger partial charge in [-0.2, -0.15) is 0 Å². The zero-order chi connectivity index (χ0) is 14.8. The summed E-state index contributed by atoms with van der Waals surface area (Å²) in [4.78, 5) is 11.2. The van der Waals surface area contributed by atoms with Gasteiger partial charge in [0, 0.05) is 19.4 Å². The van der Waals surface area contributed by atoms with E-state index in [1.807, 2.05) is 0 Å². The molecule has 112 valence electrons. The number of carbonyl (C=O) groups is 1. The monoisotopic (exact) mass is 280 g/mol. The van der Waals surface area contributed by atoms with E-state index in [2.05, 4.69) is 0 Å². The number of ether oxygens (including phenoxy) is 2. The predicted octanol–water partition coefficient (Wildman–Crippen LogP) is -2.09. The fourth-order valence-electron chi connectivity index (χ4n) is 2.12. The average molecular weight is 280 g/mol. The maximum Gasteiger partial charge on any atom is 0.364 e. The normalized spacial score (nSPS) is 38.7. The molecule has 0 bridgehead atoms. The molecular weight excluding hydrogens is 260 g/mol. The Morgan fingerprint density at radius 2 is 2.11 bits per heavy atom. The van der Waals surface area contributed by atoms with Crippen molar-refractivity contribution in [1.82, 2.24) is 0 Å². The summed E-state index contributed by atoms with van der Waals surface area (Å²) in [5, 5.41) is 47.1. The van der Waals surface area contributed by atoms with Gasteiger partial charge >= 0.3 is 5.97 Å². The molecule has 1 aliphatic heterocycles. The summed E-state index contributed by atoms with van der Waals surface area (Å²) < 4.78 is 10.1. The first-order valence-electron chi connectivity index (χ1n) is 5.90. The minimum Gasteiger partial charge on any atom is -0.477 e. The van der Waals surface area contributed by atoms with E-state index in [4.69, 9.17) is 19.7 Å². The molecule has 0 amide bonds. The second kappa shape index (κ2) is 6.12. The van der Waals surface area contributed by atoms with Gasteiger partial charge in [0.2, 0.25) is 0 Å². The van der Waals surface area contributed by atoms with Crippen LogP contribution in [0.2, 0.25) is 0 Å². The van der Waals surface area contributed by atoms with Gasteiger partial charge in [0.25, 0.3) is 5.79 Å². The molecule has 5 N–H and O–H groups in total. The summed E-state index contributed by atoms with van der Waals surface area (Å²) in [7, 11) is 1.11. The third-order valence-corrected chi connectivity index (χ3v) is 3.50. The van der Waals surface area contributed by atoms with Crippen LogP contribution in [0.3, 0.4) is 0 Å². The Bertz CT molecular complexity index is 322. The van der Waals surface area contributed by atoms with Crippen LogP contribution in [0.5, 0.6) is 0 Å². The van der Waals surface area contributed by atoms with E-state index in [0.717, 1.165) is 7.11 Å². The van der Waals surface area contributed by atoms with E-state index in [1.54, 1.807) is 6.92 Å². The van der Waals surface area contributed by atoms with Crippen LogP contribution in [0.25, 0.3) is 0 Å². The Hall–Kier alpha value is -0.770. The third kappa shape index (κ3) is 3.04. The van der Waals surface area contributed by atoms with Gasteiger partial charge in [-0.15, -0.1) is 0 Å². The zero-order valence-corrected chi connectivity index (χ0v) is 10.8. The molecule has 8 heteroatoms. The fourth-order valence-corrected chi connectivity index (χ4v) is 2.12. The average Bonchev–Trinajstić information content (AvgIpc) is 2.39. The van der Waals surface area contributed by atoms with Crippen molar-refractivity contribution in [3.63, 3.8) is 0 Å². The Kier molecular flexibility index (Phi) is 5.25. The molecule has 1 rings (SSSR count). The van der Waals surface area contributed by atoms with Crippen molar-refractivity contribution < 1.29 is 39.8 Å². The van der Waals surface area contributed by atoms with Crippen LogP contribution in [-0.2, 0) is 14.3 Å². The van der Waals surface area contributed by atoms with Gasteiger partial charge in [-0.3, -0.25) is 0 Å². The number of methoxy groups -OCH3 is 1. The molecule has 1 heterocycles. The van der Waals surface area contributed by atoms with E-state index >= 15 is 0 Å². The Balaban J connectivity index is 2.99. The van der Waals surface area contributed by atoms with Crippen LogP contribution in [0.4, 0.5) is 0 Å². The smallest absolute Gasteiger partial charge is 0.364 e. The van der Waals surface area contributed by atoms with Crippen molar-refractivity contribution in [2.24, 2.45) is 5.92 Å². The van der Waals surface area contributed by atoms with Crippen LogP contribution in [0.1, 0.15) is 13.3 Å². The number of aliphatic carboxylic acids is 1. The van der Waals surface area contributed by atoms with Crippen LogP contribution in [-0.4, -0.2) is 75.4 Å². The van der Waals surface area contributed by atoms with Crippen molar-refractivity contribution in [1.29, 1.82) is 0 Å². The van der Waals surface area contributed by atoms with E-state index in [-0.39, 0.29) is 6.42 Å². The lowest BCUT2D eigenvalue weighted by molar-refractivity contribution is -0.310. The molecule has 6 atom stereocenters. The molecule has 0 saturated carbocycles. The van der Waals surface area contributed by atoms with Gasteiger partial charge < -0.3 is 35.0 Å². The molecule has 0 aromatic carbocycles. The maximum absolute atomic E-state index is 11.2. The maximum atomic E-state index is 11.2. The first kappa shape index (κ1) is 16.3. The van der Waals surface area contributed by atoms with E-state index in [9.17, 15) is 20.1 Å². The number of rotatable bonds is 5. The van der Waals surface area contributed by atoms with Gasteiger partial charge in [0.15, 0.2) is 0 Å². The van der Waals surface area contributed by atoms with E-state index in [0.29, 0.717) is 0 Å². The summed E-state index contributed by atoms with van der Waals surface area (Å²) >= 11 is 0. The molecule has 1 aliphatic rings. The summed E-state index contributed by atoms with van der Waals surface area (Å²) in [5.74, 6) is -4.14. The summed E-state index contributed by atoms with van der Waals surface area (Å²) in [6, 6.07) is 0. The summed E-state index contributed by atoms with van der Waals surface area (Å²) in [6.07, 6.45) is -5.60. The quantitative estimate of drug-likeness (QED) is 0.387. The van der Waals surface area contributed by atoms with Crippen molar-refractivity contribution >= 4 is 5.97 Å². The minimum atomic E-state index is -2.08. The lowest BCUT2D eigenvalue weighted by atomic mass is 9.84. The molecule has 0 aliphatic carbocycles. The summed E-state index contributed by atoms with van der Waals surface area (Å²) in [5.41, 5.74) is 0. The topological polar surface area (TPSA) is 137 Å². The number of aliphatic hydroxyl groups excluding tert-OH is 4. The van der Waals surface area contributed by atoms with Crippen LogP contribution in [0, 0.1) is 5.92 Å². The highest BCUT2D eigenvalue weighted by atomic mass is 16.7. The van der Waals surface area contributed by atoms with Crippen LogP contribution < -0.4 is 0 Å². The Labute approximate surface area is 110 Å². The van der Waals surface area contributed by atoms with Crippen molar-refractivity contribution in [2.45, 2.75) is 43.5 Å². The highest BCUT2D eigenvalue weighted by Crippen LogP contribution is 2.35. The largest absolute Gasteiger partial charge is 0.477 e. The fraction of sp³-hybridized carbons (Fsp3) is 0.909. The second-order valence-electron chi connectivity index (χ2n) is 4.72. The Morgan fingerprint density at radius 1 is 1.53 bits per heavy atom. The lowest BCUT2D eigenvalue weighted by Gasteiger charge is -2.44. The third-order valence-electron chi connectivity index (χ3n) is 3.50. The van der Waals surface area contributed by atoms with E-state index < -0.39 is 48.7 Å². The SMILES string of the molecule is COC1(C(=O)O)CC(O)[C@@H](C)C([C@H](O)[C@H](O)CO)O1. The first-order valence-corrected chi connectivity index (χ1v) is 5.90. The highest BCUT2D eigenvalue weighted by molar-refractivity contribution is 5.76. The van der Waals surface area contributed by atoms with Gasteiger partial charge in [-0.25, -0.2) is 4.79 Å². The number of carboxylic acid groups (broad SMARTS) is 1. The molecule has 19 heavy (non-hydrogen) atoms. The van der Waals surface area contributed by atoms with Crippen molar-refractivity contribution in [3.8, 4) is 0 Å². The van der Waals surface area contributed by atoms with Crippen molar-refractivity contribution in [2.75, 3.05) is 13.7 Å². The molecule has 0 aromatic rings. The van der Waals surface area contributed by atoms with Gasteiger partial charge in [-0.1, -0.05) is 6.92 Å². The summed E-state index contributed by atoms with van der Waals surface area (Å²) in [6.45, 7) is 0.834. The lowest BCUT2D eigenvalue weighted by Crippen LogP contribution is -2.60. The molecule has 0 spiro atoms. The van der Waals surface area contributed by atoms with Crippen LogP contribution >= 0.6 is 0 Å². The predicted molar refractivity (Wildman–Crippen MR) is 61.1 cm³/mol. The number of carboxylic acids is 1. The molecule has 3 unspecified atom stereocenters. The minimum absolute atomic E-state index is 0.293. The van der Waals surface area contributed by atoms with E-state index in [1.165, 1.54) is 0 Å². The highest BCUT2D eigenvalue weighted by Gasteiger charge is 2.53. The Morgan fingerprint density at radius 3 is 2.53 bits per heavy atom. The second-order valence-corrected chi connectivity index (χ2v) is 4.72. The molecule has 1 fully saturated rings. The molecule has 0 radical (unpaired) electrons. The molecule has 0 aromatic heterocycles. The number of aliphatic hydroxyl groups is 4. The van der Waals surface area contributed by atoms with Crippen LogP contribution in [0.15, 0.2) is 0 Å². The number of hydrogen-bond acceptors (Lipinski definition) is 7. The molecule has 1 saturated heterocycles. The first-order chi connectivity index (χ1) is 8.79. The van der Waals surface area contributed by atoms with Gasteiger partial charge in [0.05, 0.1) is 18.8 Å². The van der Waals surface area contributed by atoms with Crippen molar-refractivity contribution in [3.05, 3.63) is 0 Å². The molecular formula is C11H20O8. The standard InChI is InChI=1S/C11H20O8/c1-5-6(13)3-11(18-2,10(16)17)19-9(5)8(15)7(14)4-12/h5-9,12-15H,3-4H2,1-2H3,(H,16,17)/t5-,6?,7-,8-,9?,11?/m1/s1.